The molecule has 122 valence electrons. The number of aromatic amines is 1. The lowest BCUT2D eigenvalue weighted by molar-refractivity contribution is 0.102. The van der Waals surface area contributed by atoms with Crippen molar-refractivity contribution in [1.29, 1.82) is 0 Å². The SMILES string of the molecule is COc1cccc(C(=O)Nc2ccccc2-c2ncn[nH]2)c1OC. The van der Waals surface area contributed by atoms with Crippen LogP contribution >= 0.6 is 0 Å². The number of benzene rings is 2. The minimum Gasteiger partial charge on any atom is -0.493 e. The van der Waals surface area contributed by atoms with Crippen LogP contribution in [0.2, 0.25) is 0 Å². The Labute approximate surface area is 138 Å². The van der Waals surface area contributed by atoms with Crippen molar-refractivity contribution in [1.82, 2.24) is 15.2 Å². The lowest BCUT2D eigenvalue weighted by Gasteiger charge is -2.13. The smallest absolute Gasteiger partial charge is 0.259 e. The van der Waals surface area contributed by atoms with E-state index >= 15 is 0 Å². The summed E-state index contributed by atoms with van der Waals surface area (Å²) in [7, 11) is 3.02. The predicted octanol–water partition coefficient (Wildman–Crippen LogP) is 2.74. The van der Waals surface area contributed by atoms with Gasteiger partial charge in [-0.3, -0.25) is 9.89 Å². The third kappa shape index (κ3) is 2.91. The zero-order valence-electron chi connectivity index (χ0n) is 13.2. The number of aromatic nitrogens is 3. The lowest BCUT2D eigenvalue weighted by Crippen LogP contribution is -2.14. The maximum Gasteiger partial charge on any atom is 0.259 e. The van der Waals surface area contributed by atoms with Crippen molar-refractivity contribution in [3.05, 3.63) is 54.4 Å². The Morgan fingerprint density at radius 2 is 1.92 bits per heavy atom. The van der Waals surface area contributed by atoms with Crippen LogP contribution in [-0.4, -0.2) is 35.3 Å². The number of hydrogen-bond donors (Lipinski definition) is 2. The van der Waals surface area contributed by atoms with Crippen molar-refractivity contribution in [2.24, 2.45) is 0 Å². The van der Waals surface area contributed by atoms with Gasteiger partial charge in [0.15, 0.2) is 17.3 Å². The van der Waals surface area contributed by atoms with Gasteiger partial charge in [-0.2, -0.15) is 5.10 Å². The zero-order chi connectivity index (χ0) is 16.9. The highest BCUT2D eigenvalue weighted by Gasteiger charge is 2.18. The molecule has 0 atom stereocenters. The summed E-state index contributed by atoms with van der Waals surface area (Å²) in [5, 5.41) is 9.51. The Bertz CT molecular complexity index is 847. The first-order valence-corrected chi connectivity index (χ1v) is 7.21. The van der Waals surface area contributed by atoms with Gasteiger partial charge in [0.1, 0.15) is 6.33 Å². The summed E-state index contributed by atoms with van der Waals surface area (Å²) >= 11 is 0. The summed E-state index contributed by atoms with van der Waals surface area (Å²) < 4.78 is 10.5. The second-order valence-corrected chi connectivity index (χ2v) is 4.87. The molecule has 3 rings (SSSR count). The molecule has 0 spiro atoms. The predicted molar refractivity (Wildman–Crippen MR) is 89.3 cm³/mol. The maximum atomic E-state index is 12.7. The van der Waals surface area contributed by atoms with Gasteiger partial charge in [-0.15, -0.1) is 0 Å². The second-order valence-electron chi connectivity index (χ2n) is 4.87. The number of carbonyl (C=O) groups is 1. The minimum atomic E-state index is -0.308. The number of ether oxygens (including phenoxy) is 2. The van der Waals surface area contributed by atoms with E-state index in [9.17, 15) is 4.79 Å². The van der Waals surface area contributed by atoms with Crippen LogP contribution in [-0.2, 0) is 0 Å². The van der Waals surface area contributed by atoms with Gasteiger partial charge >= 0.3 is 0 Å². The highest BCUT2D eigenvalue weighted by atomic mass is 16.5. The molecule has 7 nitrogen and oxygen atoms in total. The van der Waals surface area contributed by atoms with E-state index in [-0.39, 0.29) is 5.91 Å². The molecule has 7 heteroatoms. The molecule has 2 N–H and O–H groups in total. The highest BCUT2D eigenvalue weighted by molar-refractivity contribution is 6.08. The third-order valence-electron chi connectivity index (χ3n) is 3.49. The Hall–Kier alpha value is -3.35. The number of nitrogens with one attached hydrogen (secondary N) is 2. The number of amides is 1. The van der Waals surface area contributed by atoms with E-state index in [2.05, 4.69) is 20.5 Å². The molecule has 0 radical (unpaired) electrons. The molecule has 1 amide bonds. The average molecular weight is 324 g/mol. The lowest BCUT2D eigenvalue weighted by atomic mass is 10.1. The van der Waals surface area contributed by atoms with Gasteiger partial charge in [0.25, 0.3) is 5.91 Å². The van der Waals surface area contributed by atoms with Crippen molar-refractivity contribution in [3.8, 4) is 22.9 Å². The fourth-order valence-corrected chi connectivity index (χ4v) is 2.39. The van der Waals surface area contributed by atoms with E-state index in [1.54, 1.807) is 24.3 Å². The van der Waals surface area contributed by atoms with Crippen LogP contribution in [0.1, 0.15) is 10.4 Å². The van der Waals surface area contributed by atoms with Gasteiger partial charge in [-0.25, -0.2) is 4.98 Å². The van der Waals surface area contributed by atoms with Crippen LogP contribution in [0.5, 0.6) is 11.5 Å². The summed E-state index contributed by atoms with van der Waals surface area (Å²) in [6, 6.07) is 12.5. The summed E-state index contributed by atoms with van der Waals surface area (Å²) in [4.78, 5) is 16.8. The third-order valence-corrected chi connectivity index (χ3v) is 3.49. The number of hydrogen-bond acceptors (Lipinski definition) is 5. The molecule has 0 saturated heterocycles. The minimum absolute atomic E-state index is 0.308. The van der Waals surface area contributed by atoms with Crippen molar-refractivity contribution in [2.75, 3.05) is 19.5 Å². The average Bonchev–Trinajstić information content (AvgIpc) is 3.15. The first-order chi connectivity index (χ1) is 11.7. The molecule has 0 unspecified atom stereocenters. The van der Waals surface area contributed by atoms with Crippen LogP contribution < -0.4 is 14.8 Å². The van der Waals surface area contributed by atoms with Crippen molar-refractivity contribution in [3.63, 3.8) is 0 Å². The maximum absolute atomic E-state index is 12.7. The Morgan fingerprint density at radius 1 is 1.08 bits per heavy atom. The number of rotatable bonds is 5. The molecule has 24 heavy (non-hydrogen) atoms. The Morgan fingerprint density at radius 3 is 2.62 bits per heavy atom. The monoisotopic (exact) mass is 324 g/mol. The Balaban J connectivity index is 1.95. The van der Waals surface area contributed by atoms with E-state index in [0.717, 1.165) is 5.56 Å². The quantitative estimate of drug-likeness (QED) is 0.753. The van der Waals surface area contributed by atoms with E-state index in [1.165, 1.54) is 20.5 Å². The largest absolute Gasteiger partial charge is 0.493 e. The topological polar surface area (TPSA) is 89.1 Å². The molecule has 0 aliphatic carbocycles. The molecular formula is C17H16N4O3. The van der Waals surface area contributed by atoms with Crippen molar-refractivity contribution < 1.29 is 14.3 Å². The van der Waals surface area contributed by atoms with Crippen LogP contribution in [0.4, 0.5) is 5.69 Å². The van der Waals surface area contributed by atoms with Gasteiger partial charge in [0.2, 0.25) is 0 Å². The van der Waals surface area contributed by atoms with E-state index in [0.29, 0.717) is 28.6 Å². The summed E-state index contributed by atoms with van der Waals surface area (Å²) in [6.07, 6.45) is 1.42. The molecule has 2 aromatic carbocycles. The summed E-state index contributed by atoms with van der Waals surface area (Å²) in [6.45, 7) is 0. The van der Waals surface area contributed by atoms with Crippen molar-refractivity contribution >= 4 is 11.6 Å². The van der Waals surface area contributed by atoms with Crippen molar-refractivity contribution in [2.45, 2.75) is 0 Å². The first-order valence-electron chi connectivity index (χ1n) is 7.21. The zero-order valence-corrected chi connectivity index (χ0v) is 13.2. The first kappa shape index (κ1) is 15.5. The van der Waals surface area contributed by atoms with E-state index < -0.39 is 0 Å². The molecular weight excluding hydrogens is 308 g/mol. The fraction of sp³-hybridized carbons (Fsp3) is 0.118. The summed E-state index contributed by atoms with van der Waals surface area (Å²) in [5.41, 5.74) is 1.73. The number of anilines is 1. The molecule has 0 fully saturated rings. The van der Waals surface area contributed by atoms with Crippen LogP contribution in [0, 0.1) is 0 Å². The molecule has 0 aliphatic rings. The number of H-pyrrole nitrogens is 1. The van der Waals surface area contributed by atoms with Crippen LogP contribution in [0.25, 0.3) is 11.4 Å². The van der Waals surface area contributed by atoms with Gasteiger partial charge < -0.3 is 14.8 Å². The highest BCUT2D eigenvalue weighted by Crippen LogP contribution is 2.32. The molecule has 3 aromatic rings. The fourth-order valence-electron chi connectivity index (χ4n) is 2.39. The van der Waals surface area contributed by atoms with E-state index in [1.807, 2.05) is 18.2 Å². The van der Waals surface area contributed by atoms with Gasteiger partial charge in [-0.05, 0) is 24.3 Å². The standard InChI is InChI=1S/C17H16N4O3/c1-23-14-9-5-7-12(15(14)24-2)17(22)20-13-8-4-3-6-11(13)16-18-10-19-21-16/h3-10H,1-2H3,(H,20,22)(H,18,19,21). The molecule has 0 saturated carbocycles. The van der Waals surface area contributed by atoms with Crippen LogP contribution in [0.15, 0.2) is 48.8 Å². The van der Waals surface area contributed by atoms with Crippen LogP contribution in [0.3, 0.4) is 0 Å². The van der Waals surface area contributed by atoms with Gasteiger partial charge in [0, 0.05) is 5.56 Å². The summed E-state index contributed by atoms with van der Waals surface area (Å²) in [5.74, 6) is 1.14. The number of para-hydroxylation sites is 2. The molecule has 1 heterocycles. The molecule has 0 bridgehead atoms. The van der Waals surface area contributed by atoms with E-state index in [4.69, 9.17) is 9.47 Å². The van der Waals surface area contributed by atoms with Gasteiger partial charge in [-0.1, -0.05) is 18.2 Å². The number of nitrogens with zero attached hydrogens (tertiary/aromatic N) is 2. The normalized spacial score (nSPS) is 10.2. The number of methoxy groups -OCH3 is 2. The molecule has 0 aliphatic heterocycles. The second kappa shape index (κ2) is 6.82. The Kier molecular flexibility index (Phi) is 4.42. The molecule has 1 aromatic heterocycles. The van der Waals surface area contributed by atoms with Gasteiger partial charge in [0.05, 0.1) is 25.5 Å². The number of carbonyl (C=O) groups excluding carboxylic acids is 1.